The number of aromatic amines is 1. The number of hydrogen-bond acceptors (Lipinski definition) is 3. The number of benzene rings is 2. The predicted molar refractivity (Wildman–Crippen MR) is 111 cm³/mol. The van der Waals surface area contributed by atoms with Crippen LogP contribution in [0.3, 0.4) is 0 Å². The standard InChI is InChI=1S/C23H26N2O3/c1-27-17-10-8-16(9-11-17)23-20(19-6-2-3-7-21(19)25-23)12-13-22(26)24-15-18-5-4-14-28-18/h2-3,6-11,18,25H,4-5,12-15H2,1H3,(H,24,26). The molecule has 2 N–H and O–H groups in total. The van der Waals surface area contributed by atoms with Crippen molar-refractivity contribution in [3.8, 4) is 17.0 Å². The van der Waals surface area contributed by atoms with Gasteiger partial charge in [0.25, 0.3) is 0 Å². The minimum atomic E-state index is 0.0708. The van der Waals surface area contributed by atoms with Crippen LogP contribution in [0.15, 0.2) is 48.5 Å². The number of carbonyl (C=O) groups excluding carboxylic acids is 1. The van der Waals surface area contributed by atoms with E-state index in [0.717, 1.165) is 42.0 Å². The number of aromatic nitrogens is 1. The van der Waals surface area contributed by atoms with Crippen LogP contribution in [-0.2, 0) is 16.0 Å². The van der Waals surface area contributed by atoms with Gasteiger partial charge in [0.15, 0.2) is 0 Å². The molecule has 0 aliphatic carbocycles. The van der Waals surface area contributed by atoms with Crippen molar-refractivity contribution in [1.29, 1.82) is 0 Å². The van der Waals surface area contributed by atoms with Crippen molar-refractivity contribution in [3.05, 3.63) is 54.1 Å². The van der Waals surface area contributed by atoms with E-state index in [-0.39, 0.29) is 12.0 Å². The van der Waals surface area contributed by atoms with Gasteiger partial charge in [-0.05, 0) is 60.7 Å². The average molecular weight is 378 g/mol. The zero-order valence-electron chi connectivity index (χ0n) is 16.2. The maximum Gasteiger partial charge on any atom is 0.220 e. The van der Waals surface area contributed by atoms with Crippen LogP contribution in [0.2, 0.25) is 0 Å². The van der Waals surface area contributed by atoms with Crippen LogP contribution < -0.4 is 10.1 Å². The molecule has 1 aromatic heterocycles. The Balaban J connectivity index is 1.52. The number of fused-ring (bicyclic) bond motifs is 1. The summed E-state index contributed by atoms with van der Waals surface area (Å²) in [5, 5.41) is 4.19. The van der Waals surface area contributed by atoms with Crippen molar-refractivity contribution >= 4 is 16.8 Å². The van der Waals surface area contributed by atoms with E-state index < -0.39 is 0 Å². The molecular weight excluding hydrogens is 352 g/mol. The number of methoxy groups -OCH3 is 1. The number of rotatable bonds is 7. The van der Waals surface area contributed by atoms with Crippen LogP contribution in [0.5, 0.6) is 5.75 Å². The Morgan fingerprint density at radius 1 is 1.21 bits per heavy atom. The molecule has 0 bridgehead atoms. The minimum absolute atomic E-state index is 0.0708. The summed E-state index contributed by atoms with van der Waals surface area (Å²) in [6.07, 6.45) is 3.43. The predicted octanol–water partition coefficient (Wildman–Crippen LogP) is 4.07. The molecule has 0 spiro atoms. The monoisotopic (exact) mass is 378 g/mol. The number of aryl methyl sites for hydroxylation is 1. The van der Waals surface area contributed by atoms with Gasteiger partial charge in [0.1, 0.15) is 5.75 Å². The highest BCUT2D eigenvalue weighted by molar-refractivity contribution is 5.91. The number of amides is 1. The molecule has 5 nitrogen and oxygen atoms in total. The van der Waals surface area contributed by atoms with E-state index in [0.29, 0.717) is 19.4 Å². The maximum atomic E-state index is 12.4. The molecule has 1 saturated heterocycles. The summed E-state index contributed by atoms with van der Waals surface area (Å²) in [6.45, 7) is 1.42. The highest BCUT2D eigenvalue weighted by Gasteiger charge is 2.17. The second kappa shape index (κ2) is 8.48. The van der Waals surface area contributed by atoms with Gasteiger partial charge in [0.2, 0.25) is 5.91 Å². The van der Waals surface area contributed by atoms with Crippen molar-refractivity contribution in [2.75, 3.05) is 20.3 Å². The molecule has 1 aliphatic heterocycles. The van der Waals surface area contributed by atoms with E-state index in [2.05, 4.69) is 22.4 Å². The summed E-state index contributed by atoms with van der Waals surface area (Å²) >= 11 is 0. The summed E-state index contributed by atoms with van der Waals surface area (Å²) in [5.74, 6) is 0.899. The summed E-state index contributed by atoms with van der Waals surface area (Å²) in [6, 6.07) is 16.2. The Bertz CT molecular complexity index is 940. The topological polar surface area (TPSA) is 63.4 Å². The second-order valence-corrected chi connectivity index (χ2v) is 7.19. The first-order valence-corrected chi connectivity index (χ1v) is 9.87. The third-order valence-corrected chi connectivity index (χ3v) is 5.35. The Labute approximate surface area is 165 Å². The number of nitrogens with one attached hydrogen (secondary N) is 2. The highest BCUT2D eigenvalue weighted by atomic mass is 16.5. The molecule has 0 radical (unpaired) electrons. The molecule has 1 amide bonds. The van der Waals surface area contributed by atoms with E-state index in [9.17, 15) is 4.79 Å². The lowest BCUT2D eigenvalue weighted by atomic mass is 10.0. The van der Waals surface area contributed by atoms with Gasteiger partial charge in [0, 0.05) is 36.2 Å². The van der Waals surface area contributed by atoms with Crippen molar-refractivity contribution in [2.45, 2.75) is 31.8 Å². The second-order valence-electron chi connectivity index (χ2n) is 7.19. The van der Waals surface area contributed by atoms with Gasteiger partial charge in [-0.15, -0.1) is 0 Å². The molecular formula is C23H26N2O3. The van der Waals surface area contributed by atoms with Gasteiger partial charge in [-0.1, -0.05) is 18.2 Å². The fourth-order valence-electron chi connectivity index (χ4n) is 3.82. The zero-order chi connectivity index (χ0) is 19.3. The number of ether oxygens (including phenoxy) is 2. The SMILES string of the molecule is COc1ccc(-c2[nH]c3ccccc3c2CCC(=O)NCC2CCCO2)cc1. The van der Waals surface area contributed by atoms with Crippen molar-refractivity contribution in [2.24, 2.45) is 0 Å². The van der Waals surface area contributed by atoms with Crippen LogP contribution in [0, 0.1) is 0 Å². The molecule has 1 unspecified atom stereocenters. The lowest BCUT2D eigenvalue weighted by molar-refractivity contribution is -0.121. The van der Waals surface area contributed by atoms with Gasteiger partial charge in [-0.2, -0.15) is 0 Å². The van der Waals surface area contributed by atoms with Crippen LogP contribution in [0.25, 0.3) is 22.2 Å². The van der Waals surface area contributed by atoms with Crippen molar-refractivity contribution in [3.63, 3.8) is 0 Å². The molecule has 1 fully saturated rings. The summed E-state index contributed by atoms with van der Waals surface area (Å²) in [5.41, 5.74) is 4.42. The van der Waals surface area contributed by atoms with E-state index in [1.807, 2.05) is 36.4 Å². The largest absolute Gasteiger partial charge is 0.497 e. The van der Waals surface area contributed by atoms with Crippen LogP contribution in [0.1, 0.15) is 24.8 Å². The number of hydrogen-bond donors (Lipinski definition) is 2. The van der Waals surface area contributed by atoms with Gasteiger partial charge < -0.3 is 19.8 Å². The lowest BCUT2D eigenvalue weighted by Gasteiger charge is -2.11. The van der Waals surface area contributed by atoms with Crippen LogP contribution in [-0.4, -0.2) is 37.3 Å². The molecule has 1 atom stereocenters. The summed E-state index contributed by atoms with van der Waals surface area (Å²) in [7, 11) is 1.67. The molecule has 146 valence electrons. The molecule has 4 rings (SSSR count). The maximum absolute atomic E-state index is 12.4. The highest BCUT2D eigenvalue weighted by Crippen LogP contribution is 2.32. The van der Waals surface area contributed by atoms with E-state index in [1.165, 1.54) is 10.9 Å². The summed E-state index contributed by atoms with van der Waals surface area (Å²) in [4.78, 5) is 15.9. The third-order valence-electron chi connectivity index (χ3n) is 5.35. The van der Waals surface area contributed by atoms with Gasteiger partial charge >= 0.3 is 0 Å². The minimum Gasteiger partial charge on any atom is -0.497 e. The quantitative estimate of drug-likeness (QED) is 0.651. The normalized spacial score (nSPS) is 16.4. The first kappa shape index (κ1) is 18.6. The fourth-order valence-corrected chi connectivity index (χ4v) is 3.82. The van der Waals surface area contributed by atoms with Crippen molar-refractivity contribution in [1.82, 2.24) is 10.3 Å². The third kappa shape index (κ3) is 4.04. The first-order valence-electron chi connectivity index (χ1n) is 9.87. The Hall–Kier alpha value is -2.79. The Morgan fingerprint density at radius 2 is 2.04 bits per heavy atom. The number of H-pyrrole nitrogens is 1. The summed E-state index contributed by atoms with van der Waals surface area (Å²) < 4.78 is 10.8. The molecule has 5 heteroatoms. The van der Waals surface area contributed by atoms with Crippen LogP contribution >= 0.6 is 0 Å². The smallest absolute Gasteiger partial charge is 0.220 e. The lowest BCUT2D eigenvalue weighted by Crippen LogP contribution is -2.31. The van der Waals surface area contributed by atoms with Gasteiger partial charge in [-0.3, -0.25) is 4.79 Å². The Morgan fingerprint density at radius 3 is 2.79 bits per heavy atom. The number of carbonyl (C=O) groups is 1. The van der Waals surface area contributed by atoms with Gasteiger partial charge in [-0.25, -0.2) is 0 Å². The Kier molecular flexibility index (Phi) is 5.63. The van der Waals surface area contributed by atoms with Crippen molar-refractivity contribution < 1.29 is 14.3 Å². The molecule has 1 aliphatic rings. The van der Waals surface area contributed by atoms with E-state index in [4.69, 9.17) is 9.47 Å². The van der Waals surface area contributed by atoms with E-state index >= 15 is 0 Å². The molecule has 2 heterocycles. The number of para-hydroxylation sites is 1. The van der Waals surface area contributed by atoms with E-state index in [1.54, 1.807) is 7.11 Å². The van der Waals surface area contributed by atoms with Gasteiger partial charge in [0.05, 0.1) is 13.2 Å². The molecule has 0 saturated carbocycles. The molecule has 3 aromatic rings. The fraction of sp³-hybridized carbons (Fsp3) is 0.348. The van der Waals surface area contributed by atoms with Crippen LogP contribution in [0.4, 0.5) is 0 Å². The average Bonchev–Trinajstić information content (AvgIpc) is 3.38. The first-order chi connectivity index (χ1) is 13.7. The molecule has 28 heavy (non-hydrogen) atoms. The molecule has 2 aromatic carbocycles. The zero-order valence-corrected chi connectivity index (χ0v) is 16.2.